The van der Waals surface area contributed by atoms with Gasteiger partial charge in [0.2, 0.25) is 0 Å². The largest absolute Gasteiger partial charge is 0.405 e. The minimum absolute atomic E-state index is 0.169. The molecule has 16 heavy (non-hydrogen) atoms. The molecule has 0 aliphatic carbocycles. The highest BCUT2D eigenvalue weighted by Gasteiger charge is 2.28. The number of halogens is 3. The minimum atomic E-state index is -4.44. The van der Waals surface area contributed by atoms with Crippen LogP contribution in [0.3, 0.4) is 0 Å². The highest BCUT2D eigenvalue weighted by molar-refractivity contribution is 5.84. The average molecular weight is 240 g/mol. The minimum Gasteiger partial charge on any atom is -0.386 e. The molecule has 0 heterocycles. The van der Waals surface area contributed by atoms with E-state index in [4.69, 9.17) is 11.1 Å². The number of amides is 2. The van der Waals surface area contributed by atoms with Gasteiger partial charge in [0.25, 0.3) is 0 Å². The first-order chi connectivity index (χ1) is 7.26. The Morgan fingerprint density at radius 2 is 2.06 bits per heavy atom. The van der Waals surface area contributed by atoms with E-state index in [9.17, 15) is 18.0 Å². The van der Waals surface area contributed by atoms with Gasteiger partial charge in [-0.1, -0.05) is 6.92 Å². The van der Waals surface area contributed by atoms with Gasteiger partial charge in [-0.25, -0.2) is 4.79 Å². The van der Waals surface area contributed by atoms with Crippen molar-refractivity contribution >= 4 is 11.9 Å². The number of nitrogens with two attached hydrogens (primary N) is 1. The Kier molecular flexibility index (Phi) is 5.62. The molecule has 0 unspecified atom stereocenters. The maximum absolute atomic E-state index is 11.8. The van der Waals surface area contributed by atoms with Crippen LogP contribution in [-0.2, 0) is 0 Å². The van der Waals surface area contributed by atoms with E-state index in [1.165, 1.54) is 0 Å². The van der Waals surface area contributed by atoms with E-state index in [0.717, 1.165) is 4.90 Å². The van der Waals surface area contributed by atoms with Crippen molar-refractivity contribution in [2.75, 3.05) is 19.6 Å². The van der Waals surface area contributed by atoms with E-state index in [1.54, 1.807) is 12.2 Å². The maximum atomic E-state index is 11.8. The lowest BCUT2D eigenvalue weighted by Crippen LogP contribution is -2.47. The lowest BCUT2D eigenvalue weighted by Gasteiger charge is -2.22. The number of urea groups is 1. The number of carbonyl (C=O) groups excluding carboxylic acids is 1. The molecule has 0 spiro atoms. The standard InChI is InChI=1S/C8H15F3N4O/c1-2-3-15(4-6(12)13)7(16)14-5-8(9,10)11/h2-5H2,1H3,(H3,12,13)(H,14,16). The molecule has 2 amide bonds. The second-order valence-electron chi connectivity index (χ2n) is 3.22. The number of nitrogens with zero attached hydrogens (tertiary/aromatic N) is 1. The van der Waals surface area contributed by atoms with Crippen LogP contribution in [0.1, 0.15) is 13.3 Å². The van der Waals surface area contributed by atoms with Crippen molar-refractivity contribution in [2.45, 2.75) is 19.5 Å². The molecule has 8 heteroatoms. The van der Waals surface area contributed by atoms with Crippen molar-refractivity contribution in [3.8, 4) is 0 Å². The van der Waals surface area contributed by atoms with Crippen LogP contribution >= 0.6 is 0 Å². The summed E-state index contributed by atoms with van der Waals surface area (Å²) in [5.74, 6) is -0.268. The summed E-state index contributed by atoms with van der Waals surface area (Å²) in [5.41, 5.74) is 5.08. The molecule has 94 valence electrons. The molecule has 0 radical (unpaired) electrons. The number of alkyl halides is 3. The smallest absolute Gasteiger partial charge is 0.386 e. The van der Waals surface area contributed by atoms with Crippen molar-refractivity contribution in [1.29, 1.82) is 5.41 Å². The fourth-order valence-electron chi connectivity index (χ4n) is 1.02. The highest BCUT2D eigenvalue weighted by Crippen LogP contribution is 2.12. The second-order valence-corrected chi connectivity index (χ2v) is 3.22. The molecule has 0 atom stereocenters. The van der Waals surface area contributed by atoms with Gasteiger partial charge in [-0.05, 0) is 6.42 Å². The fraction of sp³-hybridized carbons (Fsp3) is 0.750. The molecule has 0 aromatic carbocycles. The molecular weight excluding hydrogens is 225 g/mol. The van der Waals surface area contributed by atoms with Crippen molar-refractivity contribution in [3.05, 3.63) is 0 Å². The lowest BCUT2D eigenvalue weighted by atomic mass is 10.4. The Hall–Kier alpha value is -1.47. The van der Waals surface area contributed by atoms with Crippen molar-refractivity contribution < 1.29 is 18.0 Å². The van der Waals surface area contributed by atoms with E-state index in [1.807, 2.05) is 0 Å². The Morgan fingerprint density at radius 3 is 2.44 bits per heavy atom. The monoisotopic (exact) mass is 240 g/mol. The Labute approximate surface area is 91.3 Å². The van der Waals surface area contributed by atoms with Crippen LogP contribution < -0.4 is 11.1 Å². The highest BCUT2D eigenvalue weighted by atomic mass is 19.4. The van der Waals surface area contributed by atoms with Gasteiger partial charge in [0.15, 0.2) is 0 Å². The van der Waals surface area contributed by atoms with E-state index in [2.05, 4.69) is 0 Å². The summed E-state index contributed by atoms with van der Waals surface area (Å²) in [7, 11) is 0. The summed E-state index contributed by atoms with van der Waals surface area (Å²) in [6.07, 6.45) is -3.86. The maximum Gasteiger partial charge on any atom is 0.405 e. The molecule has 4 N–H and O–H groups in total. The summed E-state index contributed by atoms with van der Waals surface area (Å²) in [6.45, 7) is 0.467. The summed E-state index contributed by atoms with van der Waals surface area (Å²) < 4.78 is 35.5. The summed E-state index contributed by atoms with van der Waals surface area (Å²) in [4.78, 5) is 12.3. The topological polar surface area (TPSA) is 82.2 Å². The molecular formula is C8H15F3N4O. The van der Waals surface area contributed by atoms with Gasteiger partial charge < -0.3 is 16.0 Å². The molecule has 0 rings (SSSR count). The number of hydrogen-bond donors (Lipinski definition) is 3. The van der Waals surface area contributed by atoms with Crippen LogP contribution in [-0.4, -0.2) is 42.6 Å². The SMILES string of the molecule is CCCN(CC(=N)N)C(=O)NCC(F)(F)F. The van der Waals surface area contributed by atoms with Crippen LogP contribution in [0.25, 0.3) is 0 Å². The number of amidine groups is 1. The fourth-order valence-corrected chi connectivity index (χ4v) is 1.02. The molecule has 0 aliphatic heterocycles. The first-order valence-electron chi connectivity index (χ1n) is 4.68. The number of carbonyl (C=O) groups is 1. The van der Waals surface area contributed by atoms with Crippen LogP contribution in [0, 0.1) is 5.41 Å². The molecule has 0 aromatic rings. The molecule has 5 nitrogen and oxygen atoms in total. The lowest BCUT2D eigenvalue weighted by molar-refractivity contribution is -0.123. The zero-order chi connectivity index (χ0) is 12.8. The van der Waals surface area contributed by atoms with E-state index < -0.39 is 18.8 Å². The van der Waals surface area contributed by atoms with Crippen molar-refractivity contribution in [2.24, 2.45) is 5.73 Å². The summed E-state index contributed by atoms with van der Waals surface area (Å²) in [5, 5.41) is 8.71. The number of nitrogens with one attached hydrogen (secondary N) is 2. The van der Waals surface area contributed by atoms with Gasteiger partial charge in [-0.2, -0.15) is 13.2 Å². The Bertz CT molecular complexity index is 254. The molecule has 0 fully saturated rings. The van der Waals surface area contributed by atoms with Gasteiger partial charge in [-0.15, -0.1) is 0 Å². The molecule has 0 aliphatic rings. The van der Waals surface area contributed by atoms with Crippen molar-refractivity contribution in [1.82, 2.24) is 10.2 Å². The van der Waals surface area contributed by atoms with Crippen molar-refractivity contribution in [3.63, 3.8) is 0 Å². The van der Waals surface area contributed by atoms with E-state index in [0.29, 0.717) is 6.42 Å². The van der Waals surface area contributed by atoms with E-state index in [-0.39, 0.29) is 18.9 Å². The Morgan fingerprint density at radius 1 is 1.50 bits per heavy atom. The van der Waals surface area contributed by atoms with Gasteiger partial charge >= 0.3 is 12.2 Å². The van der Waals surface area contributed by atoms with E-state index >= 15 is 0 Å². The predicted molar refractivity (Wildman–Crippen MR) is 53.2 cm³/mol. The molecule has 0 saturated carbocycles. The first-order valence-corrected chi connectivity index (χ1v) is 4.68. The molecule has 0 bridgehead atoms. The average Bonchev–Trinajstić information content (AvgIpc) is 2.11. The van der Waals surface area contributed by atoms with Crippen LogP contribution in [0.4, 0.5) is 18.0 Å². The predicted octanol–water partition coefficient (Wildman–Crippen LogP) is 0.906. The number of hydrogen-bond acceptors (Lipinski definition) is 2. The van der Waals surface area contributed by atoms with Gasteiger partial charge in [0.05, 0.1) is 6.54 Å². The summed E-state index contributed by atoms with van der Waals surface area (Å²) >= 11 is 0. The second kappa shape index (κ2) is 6.19. The Balaban J connectivity index is 4.22. The first kappa shape index (κ1) is 14.5. The third-order valence-corrected chi connectivity index (χ3v) is 1.58. The van der Waals surface area contributed by atoms with Gasteiger partial charge in [-0.3, -0.25) is 5.41 Å². The van der Waals surface area contributed by atoms with Gasteiger partial charge in [0, 0.05) is 6.54 Å². The third-order valence-electron chi connectivity index (χ3n) is 1.58. The van der Waals surface area contributed by atoms with Crippen LogP contribution in [0.5, 0.6) is 0 Å². The summed E-state index contributed by atoms with van der Waals surface area (Å²) in [6, 6.07) is -0.866. The van der Waals surface area contributed by atoms with Crippen LogP contribution in [0.2, 0.25) is 0 Å². The quantitative estimate of drug-likeness (QED) is 0.493. The zero-order valence-electron chi connectivity index (χ0n) is 8.90. The third kappa shape index (κ3) is 6.91. The number of rotatable bonds is 5. The normalized spacial score (nSPS) is 11.0. The molecule has 0 aromatic heterocycles. The molecule has 0 saturated heterocycles. The van der Waals surface area contributed by atoms with Crippen LogP contribution in [0.15, 0.2) is 0 Å². The zero-order valence-corrected chi connectivity index (χ0v) is 8.90. The van der Waals surface area contributed by atoms with Gasteiger partial charge in [0.1, 0.15) is 12.4 Å².